The maximum atomic E-state index is 14.0. The van der Waals surface area contributed by atoms with Crippen LogP contribution >= 0.6 is 34.7 Å². The Morgan fingerprint density at radius 1 is 1.04 bits per heavy atom. The maximum Gasteiger partial charge on any atom is 0.305 e. The van der Waals surface area contributed by atoms with Gasteiger partial charge in [0, 0.05) is 44.5 Å². The Labute approximate surface area is 284 Å². The van der Waals surface area contributed by atoms with E-state index in [0.717, 1.165) is 16.2 Å². The minimum absolute atomic E-state index is 0.110. The first-order chi connectivity index (χ1) is 23.1. The van der Waals surface area contributed by atoms with Gasteiger partial charge in [-0.1, -0.05) is 22.9 Å². The Bertz CT molecular complexity index is 2070. The normalized spacial score (nSPS) is 26.6. The number of fused-ring (bicyclic) bond motifs is 9. The molecule has 2 bridgehead atoms. The van der Waals surface area contributed by atoms with Crippen LogP contribution in [0, 0.1) is 45.5 Å². The molecule has 1 saturated heterocycles. The van der Waals surface area contributed by atoms with Gasteiger partial charge in [-0.3, -0.25) is 34.2 Å². The zero-order valence-corrected chi connectivity index (χ0v) is 27.0. The molecular formula is C33H24ClFN4O7S2. The summed E-state index contributed by atoms with van der Waals surface area (Å²) in [6.45, 7) is -0.355. The number of nitrogens with one attached hydrogen (secondary N) is 2. The minimum atomic E-state index is -0.593. The summed E-state index contributed by atoms with van der Waals surface area (Å²) in [7, 11) is 0. The van der Waals surface area contributed by atoms with Gasteiger partial charge >= 0.3 is 4.87 Å². The van der Waals surface area contributed by atoms with Gasteiger partial charge in [0.15, 0.2) is 6.61 Å². The second-order valence-electron chi connectivity index (χ2n) is 12.3. The number of imide groups is 1. The van der Waals surface area contributed by atoms with Crippen LogP contribution < -0.4 is 19.8 Å². The number of aromatic amines is 1. The fourth-order valence-electron chi connectivity index (χ4n) is 8.11. The summed E-state index contributed by atoms with van der Waals surface area (Å²) in [5, 5.41) is 14.9. The molecular weight excluding hydrogens is 683 g/mol. The molecule has 2 N–H and O–H groups in total. The number of rotatable bonds is 7. The Kier molecular flexibility index (Phi) is 7.42. The number of carbonyl (C=O) groups is 3. The molecule has 0 radical (unpaired) electrons. The summed E-state index contributed by atoms with van der Waals surface area (Å²) in [5.74, 6) is -3.24. The van der Waals surface area contributed by atoms with Crippen LogP contribution in [0.3, 0.4) is 0 Å². The van der Waals surface area contributed by atoms with Crippen molar-refractivity contribution >= 4 is 69.5 Å². The number of nitro benzene ring substituents is 1. The number of nitrogens with zero attached hydrogens (tertiary/aromatic N) is 2. The molecule has 244 valence electrons. The van der Waals surface area contributed by atoms with Crippen molar-refractivity contribution in [3.05, 3.63) is 108 Å². The van der Waals surface area contributed by atoms with Crippen LogP contribution in [0.25, 0.3) is 0 Å². The summed E-state index contributed by atoms with van der Waals surface area (Å²) >= 11 is 9.15. The van der Waals surface area contributed by atoms with Crippen molar-refractivity contribution in [2.75, 3.05) is 16.8 Å². The summed E-state index contributed by atoms with van der Waals surface area (Å²) in [5.41, 5.74) is 1.22. The molecule has 1 aromatic heterocycles. The molecule has 2 aliphatic heterocycles. The molecule has 7 atom stereocenters. The highest BCUT2D eigenvalue weighted by atomic mass is 35.5. The van der Waals surface area contributed by atoms with Crippen molar-refractivity contribution in [1.82, 2.24) is 4.98 Å². The highest BCUT2D eigenvalue weighted by molar-refractivity contribution is 8.00. The van der Waals surface area contributed by atoms with Crippen molar-refractivity contribution < 1.29 is 28.4 Å². The number of benzene rings is 3. The fraction of sp³-hybridized carbons (Fsp3) is 0.273. The third-order valence-corrected chi connectivity index (χ3v) is 12.7. The largest absolute Gasteiger partial charge is 0.483 e. The first kappa shape index (κ1) is 30.8. The summed E-state index contributed by atoms with van der Waals surface area (Å²) in [6, 6.07) is 15.8. The summed E-state index contributed by atoms with van der Waals surface area (Å²) < 4.78 is 19.4. The Morgan fingerprint density at radius 3 is 2.46 bits per heavy atom. The van der Waals surface area contributed by atoms with E-state index in [2.05, 4.69) is 10.3 Å². The standard InChI is InChI=1S/C33H24ClFN4O7S2/c34-14-1-10-22(46-13-23(40)36-16-4-2-15(35)3-5-16)19(11-14)24-25-20-12-21(28(25)47-30-29(24)48-33(43)37-30)27-26(20)31(41)38(32(27)42)17-6-8-18(9-7-17)39(44)45/h1-11,20-21,24-28H,12-13H2,(H,36,40)(H,37,43)/t20?,21?,24-,25?,26?,27?,28?/m1/s1. The average molecular weight is 707 g/mol. The quantitative estimate of drug-likeness (QED) is 0.138. The van der Waals surface area contributed by atoms with E-state index < -0.39 is 34.4 Å². The van der Waals surface area contributed by atoms with E-state index in [1.807, 2.05) is 0 Å². The van der Waals surface area contributed by atoms with Gasteiger partial charge in [0.1, 0.15) is 11.6 Å². The molecule has 6 unspecified atom stereocenters. The number of carbonyl (C=O) groups excluding carboxylic acids is 3. The average Bonchev–Trinajstić information content (AvgIpc) is 3.80. The zero-order valence-electron chi connectivity index (χ0n) is 24.6. The lowest BCUT2D eigenvalue weighted by Gasteiger charge is -2.43. The monoisotopic (exact) mass is 706 g/mol. The Morgan fingerprint density at radius 2 is 1.75 bits per heavy atom. The van der Waals surface area contributed by atoms with Crippen LogP contribution in [0.15, 0.2) is 76.6 Å². The number of thioether (sulfide) groups is 1. The van der Waals surface area contributed by atoms with Crippen LogP contribution in [-0.4, -0.2) is 39.5 Å². The highest BCUT2D eigenvalue weighted by Crippen LogP contribution is 2.69. The molecule has 0 spiro atoms. The smallest absolute Gasteiger partial charge is 0.305 e. The maximum absolute atomic E-state index is 14.0. The van der Waals surface area contributed by atoms with Crippen molar-refractivity contribution in [3.8, 4) is 5.75 Å². The molecule has 3 amide bonds. The van der Waals surface area contributed by atoms with Crippen molar-refractivity contribution in [2.45, 2.75) is 22.6 Å². The van der Waals surface area contributed by atoms with Gasteiger partial charge in [0.25, 0.3) is 11.6 Å². The van der Waals surface area contributed by atoms with Gasteiger partial charge in [-0.2, -0.15) is 0 Å². The Balaban J connectivity index is 1.13. The second kappa shape index (κ2) is 11.6. The second-order valence-corrected chi connectivity index (χ2v) is 14.9. The number of hydrogen-bond acceptors (Lipinski definition) is 9. The summed E-state index contributed by atoms with van der Waals surface area (Å²) in [4.78, 5) is 68.8. The lowest BCUT2D eigenvalue weighted by Crippen LogP contribution is -2.42. The molecule has 3 heterocycles. The summed E-state index contributed by atoms with van der Waals surface area (Å²) in [6.07, 6.45) is 0.649. The van der Waals surface area contributed by atoms with Gasteiger partial charge in [0.2, 0.25) is 11.8 Å². The number of halogens is 2. The number of H-pyrrole nitrogens is 1. The molecule has 4 aromatic rings. The minimum Gasteiger partial charge on any atom is -0.483 e. The van der Waals surface area contributed by atoms with Gasteiger partial charge in [-0.25, -0.2) is 4.39 Å². The van der Waals surface area contributed by atoms with Gasteiger partial charge < -0.3 is 15.0 Å². The van der Waals surface area contributed by atoms with E-state index in [4.69, 9.17) is 16.3 Å². The first-order valence-corrected chi connectivity index (χ1v) is 17.2. The highest BCUT2D eigenvalue weighted by Gasteiger charge is 2.70. The number of nitro groups is 1. The predicted molar refractivity (Wildman–Crippen MR) is 176 cm³/mol. The first-order valence-electron chi connectivity index (χ1n) is 15.1. The van der Waals surface area contributed by atoms with E-state index in [-0.39, 0.29) is 52.0 Å². The SMILES string of the molecule is O=C(COc1ccc(Cl)cc1[C@H]1c2sc(=O)[nH]c2SC2C3CC(C4C(=O)N(c5ccc([N+](=O)[O-])cc5)C(=O)C34)C21)Nc1ccc(F)cc1. The fourth-order valence-corrected chi connectivity index (χ4v) is 11.2. The van der Waals surface area contributed by atoms with Gasteiger partial charge in [-0.15, -0.1) is 11.8 Å². The number of anilines is 2. The molecule has 48 heavy (non-hydrogen) atoms. The lowest BCUT2D eigenvalue weighted by atomic mass is 9.68. The van der Waals surface area contributed by atoms with Crippen molar-refractivity contribution in [2.24, 2.45) is 29.6 Å². The van der Waals surface area contributed by atoms with Crippen LogP contribution in [-0.2, 0) is 14.4 Å². The molecule has 2 aliphatic carbocycles. The van der Waals surface area contributed by atoms with E-state index in [1.165, 1.54) is 65.2 Å². The van der Waals surface area contributed by atoms with E-state index in [0.29, 0.717) is 39.2 Å². The molecule has 3 aromatic carbocycles. The van der Waals surface area contributed by atoms with Crippen LogP contribution in [0.2, 0.25) is 5.02 Å². The topological polar surface area (TPSA) is 152 Å². The van der Waals surface area contributed by atoms with Crippen LogP contribution in [0.4, 0.5) is 21.5 Å². The third kappa shape index (κ3) is 4.92. The van der Waals surface area contributed by atoms with Crippen LogP contribution in [0.1, 0.15) is 22.8 Å². The molecule has 2 saturated carbocycles. The number of ether oxygens (including phenoxy) is 1. The Hall–Kier alpha value is -4.53. The van der Waals surface area contributed by atoms with Gasteiger partial charge in [0.05, 0.1) is 27.5 Å². The molecule has 8 rings (SSSR count). The molecule has 3 fully saturated rings. The van der Waals surface area contributed by atoms with E-state index >= 15 is 0 Å². The zero-order chi connectivity index (χ0) is 33.4. The number of hydrogen-bond donors (Lipinski definition) is 2. The predicted octanol–water partition coefficient (Wildman–Crippen LogP) is 5.83. The van der Waals surface area contributed by atoms with Gasteiger partial charge in [-0.05, 0) is 78.8 Å². The number of thiazole rings is 1. The number of aromatic nitrogens is 1. The van der Waals surface area contributed by atoms with Crippen LogP contribution in [0.5, 0.6) is 5.75 Å². The van der Waals surface area contributed by atoms with Crippen molar-refractivity contribution in [1.29, 1.82) is 0 Å². The molecule has 15 heteroatoms. The lowest BCUT2D eigenvalue weighted by molar-refractivity contribution is -0.384. The molecule has 11 nitrogen and oxygen atoms in total. The van der Waals surface area contributed by atoms with Crippen molar-refractivity contribution in [3.63, 3.8) is 0 Å². The van der Waals surface area contributed by atoms with E-state index in [9.17, 15) is 33.7 Å². The number of non-ortho nitro benzene ring substituents is 1. The number of amides is 3. The third-order valence-electron chi connectivity index (χ3n) is 9.84. The van der Waals surface area contributed by atoms with E-state index in [1.54, 1.807) is 18.2 Å². The molecule has 4 aliphatic rings.